The Kier molecular flexibility index (Phi) is 16.6. The van der Waals surface area contributed by atoms with Crippen LogP contribution in [0.4, 0.5) is 34.1 Å². The quantitative estimate of drug-likeness (QED) is 0.0568. The fourth-order valence-corrected chi connectivity index (χ4v) is 7.24. The number of hydrogen-bond acceptors (Lipinski definition) is 10. The molecule has 2 aromatic heterocycles. The van der Waals surface area contributed by atoms with E-state index in [0.717, 1.165) is 45.1 Å². The Morgan fingerprint density at radius 3 is 1.24 bits per heavy atom. The normalized spacial score (nSPS) is 11.6. The molecule has 0 aliphatic carbocycles. The molecule has 0 spiro atoms. The lowest BCUT2D eigenvalue weighted by Gasteiger charge is -2.23. The summed E-state index contributed by atoms with van der Waals surface area (Å²) in [6.07, 6.45) is 0. The Labute approximate surface area is 414 Å². The number of rotatable bonds is 10. The first-order chi connectivity index (χ1) is 31.8. The van der Waals surface area contributed by atoms with Crippen LogP contribution in [0.2, 0.25) is 0 Å². The molecule has 0 saturated heterocycles. The van der Waals surface area contributed by atoms with Crippen molar-refractivity contribution in [1.82, 2.24) is 9.97 Å². The minimum absolute atomic E-state index is 0.00968. The van der Waals surface area contributed by atoms with Gasteiger partial charge in [-0.3, -0.25) is 0 Å². The Morgan fingerprint density at radius 2 is 0.824 bits per heavy atom. The van der Waals surface area contributed by atoms with E-state index in [0.29, 0.717) is 56.5 Å². The molecule has 68 heavy (non-hydrogen) atoms. The number of para-hydroxylation sites is 2. The molecule has 0 bridgehead atoms. The number of nitrogens with zero attached hydrogens (tertiary/aromatic N) is 2. The van der Waals surface area contributed by atoms with Crippen molar-refractivity contribution >= 4 is 68.8 Å². The molecule has 6 aromatic rings. The van der Waals surface area contributed by atoms with Gasteiger partial charge in [0.2, 0.25) is 23.5 Å². The second kappa shape index (κ2) is 21.5. The lowest BCUT2D eigenvalue weighted by Crippen LogP contribution is -2.21. The zero-order valence-corrected chi connectivity index (χ0v) is 43.5. The SMILES string of the molecule is COc1ccc(NC(=S)Nc2cc(C(C)(C)C)ccc2N)c(Oc2ccccc2C(C)(C)C)n1.COc1ccc(NC(=S)Nc2ccc(C(C)(C)C)cc2N)c(Oc2ccccc2C(C)(C)C)n1. The molecule has 0 radical (unpaired) electrons. The van der Waals surface area contributed by atoms with Gasteiger partial charge in [0.25, 0.3) is 0 Å². The van der Waals surface area contributed by atoms with Crippen LogP contribution in [0.5, 0.6) is 35.0 Å². The summed E-state index contributed by atoms with van der Waals surface area (Å²) in [6, 6.07) is 34.9. The van der Waals surface area contributed by atoms with Crippen LogP contribution >= 0.6 is 24.4 Å². The number of nitrogens with one attached hydrogen (secondary N) is 4. The molecule has 0 fully saturated rings. The van der Waals surface area contributed by atoms with Crippen LogP contribution in [0, 0.1) is 0 Å². The molecule has 4 aromatic carbocycles. The van der Waals surface area contributed by atoms with E-state index < -0.39 is 0 Å². The zero-order valence-electron chi connectivity index (χ0n) is 41.9. The van der Waals surface area contributed by atoms with Gasteiger partial charge < -0.3 is 51.7 Å². The number of ether oxygens (including phenoxy) is 4. The van der Waals surface area contributed by atoms with E-state index in [1.54, 1.807) is 26.4 Å². The molecule has 0 aliphatic heterocycles. The Balaban J connectivity index is 0.000000254. The average Bonchev–Trinajstić information content (AvgIpc) is 3.25. The van der Waals surface area contributed by atoms with Gasteiger partial charge in [-0.25, -0.2) is 0 Å². The van der Waals surface area contributed by atoms with Crippen molar-refractivity contribution in [2.75, 3.05) is 47.0 Å². The molecular weight excluding hydrogens is 889 g/mol. The summed E-state index contributed by atoms with van der Waals surface area (Å²) in [5, 5.41) is 13.5. The summed E-state index contributed by atoms with van der Waals surface area (Å²) in [5.74, 6) is 3.04. The molecular formula is C54H68N8O4S2. The first kappa shape index (κ1) is 52.3. The molecule has 0 saturated carbocycles. The summed E-state index contributed by atoms with van der Waals surface area (Å²) in [6.45, 7) is 25.8. The minimum Gasteiger partial charge on any atom is -0.481 e. The molecule has 8 N–H and O–H groups in total. The molecule has 0 aliphatic rings. The van der Waals surface area contributed by atoms with Crippen LogP contribution < -0.4 is 51.7 Å². The van der Waals surface area contributed by atoms with Gasteiger partial charge in [-0.05, 0) is 106 Å². The van der Waals surface area contributed by atoms with Gasteiger partial charge >= 0.3 is 0 Å². The van der Waals surface area contributed by atoms with Gasteiger partial charge in [0.05, 0.1) is 37.0 Å². The third kappa shape index (κ3) is 14.2. The number of anilines is 6. The highest BCUT2D eigenvalue weighted by Crippen LogP contribution is 2.39. The van der Waals surface area contributed by atoms with Crippen LogP contribution in [0.25, 0.3) is 0 Å². The number of pyridine rings is 2. The molecule has 0 atom stereocenters. The van der Waals surface area contributed by atoms with Crippen molar-refractivity contribution < 1.29 is 18.9 Å². The molecule has 0 amide bonds. The number of methoxy groups -OCH3 is 2. The van der Waals surface area contributed by atoms with E-state index in [1.807, 2.05) is 84.9 Å². The van der Waals surface area contributed by atoms with E-state index in [2.05, 4.69) is 126 Å². The molecule has 360 valence electrons. The standard InChI is InChI=1S/2C27H34N4O2S/c1-26(2,3)17-12-13-20(19(28)16-17)29-25(34)30-21-14-15-23(32-7)31-24(21)33-22-11-9-8-10-18(22)27(4,5)6;1-26(2,3)17-12-13-19(28)21(16-17)30-25(34)29-20-14-15-23(32-7)31-24(20)33-22-11-9-8-10-18(22)27(4,5)6/h2*8-16H,28H2,1-7H3,(H2,29,30,34). The first-order valence-electron chi connectivity index (χ1n) is 22.4. The number of benzene rings is 4. The van der Waals surface area contributed by atoms with Gasteiger partial charge in [0.1, 0.15) is 22.9 Å². The Morgan fingerprint density at radius 1 is 0.441 bits per heavy atom. The fraction of sp³-hybridized carbons (Fsp3) is 0.333. The highest BCUT2D eigenvalue weighted by Gasteiger charge is 2.23. The monoisotopic (exact) mass is 956 g/mol. The zero-order chi connectivity index (χ0) is 50.2. The van der Waals surface area contributed by atoms with E-state index in [1.165, 1.54) is 0 Å². The smallest absolute Gasteiger partial charge is 0.246 e. The first-order valence-corrected chi connectivity index (χ1v) is 23.2. The summed E-state index contributed by atoms with van der Waals surface area (Å²) >= 11 is 11.2. The number of thiocarbonyl (C=S) groups is 2. The van der Waals surface area contributed by atoms with Crippen LogP contribution in [-0.2, 0) is 21.7 Å². The summed E-state index contributed by atoms with van der Waals surface area (Å²) in [5.41, 5.74) is 20.6. The lowest BCUT2D eigenvalue weighted by atomic mass is 9.86. The van der Waals surface area contributed by atoms with Gasteiger partial charge in [0, 0.05) is 23.3 Å². The van der Waals surface area contributed by atoms with Gasteiger partial charge in [-0.15, -0.1) is 0 Å². The predicted octanol–water partition coefficient (Wildman–Crippen LogP) is 13.7. The largest absolute Gasteiger partial charge is 0.481 e. The van der Waals surface area contributed by atoms with Crippen LogP contribution in [0.1, 0.15) is 105 Å². The average molecular weight is 957 g/mol. The molecule has 14 heteroatoms. The number of nitrogens with two attached hydrogens (primary N) is 2. The molecule has 6 rings (SSSR count). The third-order valence-electron chi connectivity index (χ3n) is 10.7. The topological polar surface area (TPSA) is 163 Å². The maximum Gasteiger partial charge on any atom is 0.246 e. The van der Waals surface area contributed by atoms with Gasteiger partial charge in [-0.2, -0.15) is 9.97 Å². The van der Waals surface area contributed by atoms with Crippen LogP contribution in [0.3, 0.4) is 0 Å². The van der Waals surface area contributed by atoms with Gasteiger partial charge in [0.15, 0.2) is 10.2 Å². The van der Waals surface area contributed by atoms with E-state index in [-0.39, 0.29) is 21.7 Å². The summed E-state index contributed by atoms with van der Waals surface area (Å²) in [7, 11) is 3.14. The number of hydrogen-bond donors (Lipinski definition) is 6. The number of nitrogen functional groups attached to an aromatic ring is 2. The van der Waals surface area contributed by atoms with Gasteiger partial charge in [-0.1, -0.05) is 132 Å². The van der Waals surface area contributed by atoms with Crippen molar-refractivity contribution in [3.63, 3.8) is 0 Å². The van der Waals surface area contributed by atoms with E-state index in [9.17, 15) is 0 Å². The van der Waals surface area contributed by atoms with Crippen molar-refractivity contribution in [1.29, 1.82) is 0 Å². The Bertz CT molecular complexity index is 2730. The highest BCUT2D eigenvalue weighted by atomic mass is 32.1. The van der Waals surface area contributed by atoms with E-state index in [4.69, 9.17) is 54.9 Å². The second-order valence-electron chi connectivity index (χ2n) is 20.4. The minimum atomic E-state index is -0.102. The summed E-state index contributed by atoms with van der Waals surface area (Å²) in [4.78, 5) is 9.02. The molecule has 12 nitrogen and oxygen atoms in total. The van der Waals surface area contributed by atoms with Crippen molar-refractivity contribution in [2.45, 2.75) is 105 Å². The van der Waals surface area contributed by atoms with Crippen molar-refractivity contribution in [3.8, 4) is 35.0 Å². The maximum atomic E-state index is 6.28. The molecule has 0 unspecified atom stereocenters. The maximum absolute atomic E-state index is 6.28. The lowest BCUT2D eigenvalue weighted by molar-refractivity contribution is 0.381. The highest BCUT2D eigenvalue weighted by molar-refractivity contribution is 7.81. The second-order valence-corrected chi connectivity index (χ2v) is 21.2. The van der Waals surface area contributed by atoms with Crippen LogP contribution in [0.15, 0.2) is 109 Å². The van der Waals surface area contributed by atoms with Crippen LogP contribution in [-0.4, -0.2) is 34.4 Å². The van der Waals surface area contributed by atoms with Crippen molar-refractivity contribution in [2.24, 2.45) is 0 Å². The van der Waals surface area contributed by atoms with E-state index >= 15 is 0 Å². The predicted molar refractivity (Wildman–Crippen MR) is 291 cm³/mol. The third-order valence-corrected chi connectivity index (χ3v) is 11.1. The number of aromatic nitrogens is 2. The Hall–Kier alpha value is -6.64. The summed E-state index contributed by atoms with van der Waals surface area (Å²) < 4.78 is 23.2. The fourth-order valence-electron chi connectivity index (χ4n) is 6.80. The molecule has 2 heterocycles. The van der Waals surface area contributed by atoms with Crippen molar-refractivity contribution in [3.05, 3.63) is 131 Å².